The van der Waals surface area contributed by atoms with Gasteiger partial charge in [0, 0.05) is 6.20 Å². The SMILES string of the molecule is COC(=O)c1cnc(SC)c(Cl)c1. The van der Waals surface area contributed by atoms with Gasteiger partial charge in [-0.1, -0.05) is 11.6 Å². The Morgan fingerprint density at radius 1 is 1.69 bits per heavy atom. The van der Waals surface area contributed by atoms with Crippen LogP contribution in [-0.2, 0) is 4.74 Å². The first-order valence-electron chi connectivity index (χ1n) is 3.47. The number of thioether (sulfide) groups is 1. The summed E-state index contributed by atoms with van der Waals surface area (Å²) in [6.45, 7) is 0. The zero-order chi connectivity index (χ0) is 9.84. The molecule has 0 N–H and O–H groups in total. The van der Waals surface area contributed by atoms with Crippen molar-refractivity contribution in [2.75, 3.05) is 13.4 Å². The summed E-state index contributed by atoms with van der Waals surface area (Å²) in [7, 11) is 1.32. The van der Waals surface area contributed by atoms with Gasteiger partial charge in [0.25, 0.3) is 0 Å². The molecule has 0 aliphatic heterocycles. The van der Waals surface area contributed by atoms with Crippen LogP contribution in [0.3, 0.4) is 0 Å². The highest BCUT2D eigenvalue weighted by atomic mass is 35.5. The lowest BCUT2D eigenvalue weighted by Crippen LogP contribution is -2.01. The number of methoxy groups -OCH3 is 1. The van der Waals surface area contributed by atoms with Crippen LogP contribution in [0.25, 0.3) is 0 Å². The van der Waals surface area contributed by atoms with E-state index in [2.05, 4.69) is 9.72 Å². The van der Waals surface area contributed by atoms with E-state index < -0.39 is 5.97 Å². The summed E-state index contributed by atoms with van der Waals surface area (Å²) < 4.78 is 4.52. The molecule has 0 amide bonds. The van der Waals surface area contributed by atoms with E-state index in [0.717, 1.165) is 0 Å². The fourth-order valence-corrected chi connectivity index (χ4v) is 1.61. The number of rotatable bonds is 2. The predicted octanol–water partition coefficient (Wildman–Crippen LogP) is 2.24. The maximum absolute atomic E-state index is 11.0. The van der Waals surface area contributed by atoms with Crippen LogP contribution in [0, 0.1) is 0 Å². The molecule has 0 fully saturated rings. The zero-order valence-electron chi connectivity index (χ0n) is 7.20. The third-order valence-corrected chi connectivity index (χ3v) is 2.53. The predicted molar refractivity (Wildman–Crippen MR) is 52.4 cm³/mol. The lowest BCUT2D eigenvalue weighted by atomic mass is 10.3. The molecule has 13 heavy (non-hydrogen) atoms. The van der Waals surface area contributed by atoms with Gasteiger partial charge >= 0.3 is 5.97 Å². The van der Waals surface area contributed by atoms with Crippen molar-refractivity contribution in [2.45, 2.75) is 5.03 Å². The molecule has 0 unspecified atom stereocenters. The van der Waals surface area contributed by atoms with E-state index in [0.29, 0.717) is 15.6 Å². The maximum atomic E-state index is 11.0. The molecule has 1 aromatic rings. The van der Waals surface area contributed by atoms with E-state index in [4.69, 9.17) is 11.6 Å². The molecule has 1 aromatic heterocycles. The molecule has 0 bridgehead atoms. The quantitative estimate of drug-likeness (QED) is 0.563. The number of carbonyl (C=O) groups is 1. The van der Waals surface area contributed by atoms with Crippen molar-refractivity contribution in [3.63, 3.8) is 0 Å². The van der Waals surface area contributed by atoms with Crippen molar-refractivity contribution in [1.29, 1.82) is 0 Å². The van der Waals surface area contributed by atoms with Crippen molar-refractivity contribution < 1.29 is 9.53 Å². The van der Waals surface area contributed by atoms with Crippen LogP contribution < -0.4 is 0 Å². The van der Waals surface area contributed by atoms with Gasteiger partial charge in [0.2, 0.25) is 0 Å². The van der Waals surface area contributed by atoms with Gasteiger partial charge in [0.05, 0.1) is 17.7 Å². The molecule has 0 atom stereocenters. The summed E-state index contributed by atoms with van der Waals surface area (Å²) >= 11 is 7.27. The van der Waals surface area contributed by atoms with Gasteiger partial charge in [-0.15, -0.1) is 11.8 Å². The molecule has 0 saturated carbocycles. The molecule has 0 radical (unpaired) electrons. The highest BCUT2D eigenvalue weighted by molar-refractivity contribution is 7.98. The monoisotopic (exact) mass is 217 g/mol. The Morgan fingerprint density at radius 2 is 2.38 bits per heavy atom. The zero-order valence-corrected chi connectivity index (χ0v) is 8.78. The minimum absolute atomic E-state index is 0.366. The van der Waals surface area contributed by atoms with Gasteiger partial charge in [-0.2, -0.15) is 0 Å². The second-order valence-electron chi connectivity index (χ2n) is 2.21. The normalized spacial score (nSPS) is 9.77. The summed E-state index contributed by atoms with van der Waals surface area (Å²) in [6, 6.07) is 1.55. The van der Waals surface area contributed by atoms with Crippen molar-refractivity contribution in [2.24, 2.45) is 0 Å². The number of hydrogen-bond acceptors (Lipinski definition) is 4. The summed E-state index contributed by atoms with van der Waals surface area (Å²) in [4.78, 5) is 15.0. The second kappa shape index (κ2) is 4.48. The van der Waals surface area contributed by atoms with Gasteiger partial charge in [-0.25, -0.2) is 9.78 Å². The average Bonchev–Trinajstić information content (AvgIpc) is 2.16. The Labute approximate surface area is 85.4 Å². The van der Waals surface area contributed by atoms with E-state index in [1.807, 2.05) is 6.26 Å². The third-order valence-electron chi connectivity index (χ3n) is 1.42. The van der Waals surface area contributed by atoms with Crippen molar-refractivity contribution in [3.8, 4) is 0 Å². The van der Waals surface area contributed by atoms with E-state index in [1.165, 1.54) is 25.1 Å². The number of ether oxygens (including phenoxy) is 1. The van der Waals surface area contributed by atoms with E-state index >= 15 is 0 Å². The lowest BCUT2D eigenvalue weighted by Gasteiger charge is -2.01. The molecule has 5 heteroatoms. The molecular formula is C8H8ClNO2S. The number of aromatic nitrogens is 1. The first-order valence-corrected chi connectivity index (χ1v) is 5.07. The van der Waals surface area contributed by atoms with E-state index in [9.17, 15) is 4.79 Å². The van der Waals surface area contributed by atoms with Gasteiger partial charge in [0.1, 0.15) is 5.03 Å². The fraction of sp³-hybridized carbons (Fsp3) is 0.250. The Hall–Kier alpha value is -0.740. The second-order valence-corrected chi connectivity index (χ2v) is 3.41. The Bertz CT molecular complexity index is 330. The van der Waals surface area contributed by atoms with Crippen LogP contribution in [0.15, 0.2) is 17.3 Å². The first-order chi connectivity index (χ1) is 6.19. The topological polar surface area (TPSA) is 39.2 Å². The summed E-state index contributed by atoms with van der Waals surface area (Å²) in [5, 5.41) is 1.17. The molecule has 1 heterocycles. The van der Waals surface area contributed by atoms with E-state index in [1.54, 1.807) is 6.07 Å². The van der Waals surface area contributed by atoms with Crippen LogP contribution in [0.4, 0.5) is 0 Å². The number of esters is 1. The molecule has 0 aromatic carbocycles. The lowest BCUT2D eigenvalue weighted by molar-refractivity contribution is 0.0600. The molecule has 0 saturated heterocycles. The first kappa shape index (κ1) is 10.3. The molecule has 1 rings (SSSR count). The van der Waals surface area contributed by atoms with Gasteiger partial charge in [-0.05, 0) is 12.3 Å². The van der Waals surface area contributed by atoms with Gasteiger partial charge in [0.15, 0.2) is 0 Å². The fourth-order valence-electron chi connectivity index (χ4n) is 0.805. The number of halogens is 1. The molecule has 70 valence electrons. The summed E-state index contributed by atoms with van der Waals surface area (Å²) in [5.41, 5.74) is 0.366. The Kier molecular flexibility index (Phi) is 3.57. The van der Waals surface area contributed by atoms with Crippen LogP contribution in [0.5, 0.6) is 0 Å². The van der Waals surface area contributed by atoms with Crippen LogP contribution in [-0.4, -0.2) is 24.3 Å². The smallest absolute Gasteiger partial charge is 0.339 e. The molecule has 3 nitrogen and oxygen atoms in total. The van der Waals surface area contributed by atoms with Crippen molar-refractivity contribution in [3.05, 3.63) is 22.8 Å². The van der Waals surface area contributed by atoms with Gasteiger partial charge in [-0.3, -0.25) is 0 Å². The number of hydrogen-bond donors (Lipinski definition) is 0. The van der Waals surface area contributed by atoms with Crippen LogP contribution in [0.1, 0.15) is 10.4 Å². The highest BCUT2D eigenvalue weighted by Gasteiger charge is 2.08. The number of carbonyl (C=O) groups excluding carboxylic acids is 1. The number of nitrogens with zero attached hydrogens (tertiary/aromatic N) is 1. The van der Waals surface area contributed by atoms with Crippen molar-refractivity contribution in [1.82, 2.24) is 4.98 Å². The van der Waals surface area contributed by atoms with E-state index in [-0.39, 0.29) is 0 Å². The molecule has 0 aliphatic rings. The minimum Gasteiger partial charge on any atom is -0.465 e. The average molecular weight is 218 g/mol. The summed E-state index contributed by atoms with van der Waals surface area (Å²) in [5.74, 6) is -0.429. The Balaban J connectivity index is 3.02. The maximum Gasteiger partial charge on any atom is 0.339 e. The Morgan fingerprint density at radius 3 is 2.85 bits per heavy atom. The molecule has 0 spiro atoms. The van der Waals surface area contributed by atoms with Crippen LogP contribution in [0.2, 0.25) is 5.02 Å². The highest BCUT2D eigenvalue weighted by Crippen LogP contribution is 2.23. The molecular weight excluding hydrogens is 210 g/mol. The summed E-state index contributed by atoms with van der Waals surface area (Å²) in [6.07, 6.45) is 3.32. The largest absolute Gasteiger partial charge is 0.465 e. The van der Waals surface area contributed by atoms with Crippen LogP contribution >= 0.6 is 23.4 Å². The minimum atomic E-state index is -0.429. The number of pyridine rings is 1. The van der Waals surface area contributed by atoms with Crippen molar-refractivity contribution >= 4 is 29.3 Å². The standard InChI is InChI=1S/C8H8ClNO2S/c1-12-8(11)5-3-6(9)7(13-2)10-4-5/h3-4H,1-2H3. The third kappa shape index (κ3) is 2.35. The van der Waals surface area contributed by atoms with Gasteiger partial charge < -0.3 is 4.74 Å². The molecule has 0 aliphatic carbocycles.